The molecule has 0 radical (unpaired) electrons. The molecule has 168 valence electrons. The molecule has 0 unspecified atom stereocenters. The lowest BCUT2D eigenvalue weighted by Crippen LogP contribution is -2.35. The molecule has 0 saturated carbocycles. The first kappa shape index (κ1) is 21.9. The standard InChI is InChI=1S/C27H28N3OS2/c1-16-12-23(20(5)32-16)26-27(24-13-17(2)33-21(24)6)30(22-10-8-7-9-11-22)15-29(26)14-25-28-18(3)19(4)31-25/h7-13,15H,14H2,1-6H3/q+1. The fourth-order valence-electron chi connectivity index (χ4n) is 4.43. The van der Waals surface area contributed by atoms with Crippen LogP contribution in [0.25, 0.3) is 28.2 Å². The van der Waals surface area contributed by atoms with Crippen molar-refractivity contribution >= 4 is 22.7 Å². The maximum atomic E-state index is 6.00. The van der Waals surface area contributed by atoms with Crippen molar-refractivity contribution in [3.05, 3.63) is 85.6 Å². The minimum atomic E-state index is 0.577. The summed E-state index contributed by atoms with van der Waals surface area (Å²) in [6.45, 7) is 13.3. The molecule has 0 amide bonds. The average Bonchev–Trinajstić information content (AvgIpc) is 3.48. The Morgan fingerprint density at radius 3 is 2.06 bits per heavy atom. The molecule has 0 atom stereocenters. The maximum Gasteiger partial charge on any atom is 0.250 e. The highest BCUT2D eigenvalue weighted by Crippen LogP contribution is 2.40. The number of oxazole rings is 1. The number of imidazole rings is 1. The molecule has 0 aliphatic rings. The zero-order valence-corrected chi connectivity index (χ0v) is 21.5. The number of nitrogens with zero attached hydrogens (tertiary/aromatic N) is 3. The lowest BCUT2D eigenvalue weighted by Gasteiger charge is -2.05. The molecule has 4 nitrogen and oxygen atoms in total. The molecule has 4 aromatic heterocycles. The van der Waals surface area contributed by atoms with E-state index >= 15 is 0 Å². The highest BCUT2D eigenvalue weighted by Gasteiger charge is 2.31. The van der Waals surface area contributed by atoms with Crippen molar-refractivity contribution in [2.45, 2.75) is 48.1 Å². The summed E-state index contributed by atoms with van der Waals surface area (Å²) in [4.78, 5) is 9.95. The summed E-state index contributed by atoms with van der Waals surface area (Å²) in [7, 11) is 0. The van der Waals surface area contributed by atoms with Gasteiger partial charge in [-0.3, -0.25) is 0 Å². The lowest BCUT2D eigenvalue weighted by molar-refractivity contribution is -0.679. The Labute approximate surface area is 202 Å². The van der Waals surface area contributed by atoms with Crippen LogP contribution in [0.3, 0.4) is 0 Å². The van der Waals surface area contributed by atoms with Crippen molar-refractivity contribution in [1.82, 2.24) is 9.55 Å². The van der Waals surface area contributed by atoms with E-state index in [1.807, 2.05) is 36.5 Å². The first-order chi connectivity index (χ1) is 15.8. The maximum absolute atomic E-state index is 6.00. The van der Waals surface area contributed by atoms with Gasteiger partial charge in [0, 0.05) is 30.6 Å². The van der Waals surface area contributed by atoms with Gasteiger partial charge in [0.05, 0.1) is 5.69 Å². The topological polar surface area (TPSA) is 34.8 Å². The van der Waals surface area contributed by atoms with Crippen LogP contribution < -0.4 is 4.57 Å². The Bertz CT molecular complexity index is 1430. The molecule has 0 fully saturated rings. The summed E-state index contributed by atoms with van der Waals surface area (Å²) in [6, 6.07) is 15.2. The van der Waals surface area contributed by atoms with E-state index in [-0.39, 0.29) is 0 Å². The van der Waals surface area contributed by atoms with Crippen LogP contribution in [0.15, 0.2) is 53.2 Å². The average molecular weight is 475 g/mol. The molecule has 5 rings (SSSR count). The van der Waals surface area contributed by atoms with Crippen LogP contribution in [-0.2, 0) is 6.54 Å². The van der Waals surface area contributed by atoms with Gasteiger partial charge in [-0.1, -0.05) is 18.2 Å². The van der Waals surface area contributed by atoms with E-state index in [0.717, 1.165) is 23.0 Å². The number of thiophene rings is 2. The van der Waals surface area contributed by atoms with E-state index in [4.69, 9.17) is 4.42 Å². The van der Waals surface area contributed by atoms with Crippen LogP contribution in [0.5, 0.6) is 0 Å². The van der Waals surface area contributed by atoms with Crippen LogP contribution in [0.1, 0.15) is 36.9 Å². The number of aryl methyl sites for hydroxylation is 6. The molecule has 0 aliphatic carbocycles. The van der Waals surface area contributed by atoms with Crippen molar-refractivity contribution in [3.8, 4) is 28.2 Å². The first-order valence-electron chi connectivity index (χ1n) is 11.1. The molecule has 5 aromatic rings. The smallest absolute Gasteiger partial charge is 0.250 e. The highest BCUT2D eigenvalue weighted by molar-refractivity contribution is 7.12. The fourth-order valence-corrected chi connectivity index (χ4v) is 6.28. The van der Waals surface area contributed by atoms with Gasteiger partial charge in [-0.05, 0) is 65.8 Å². The second-order valence-corrected chi connectivity index (χ2v) is 11.5. The van der Waals surface area contributed by atoms with Gasteiger partial charge in [0.1, 0.15) is 11.4 Å². The third-order valence-electron chi connectivity index (χ3n) is 6.01. The predicted octanol–water partition coefficient (Wildman–Crippen LogP) is 7.11. The largest absolute Gasteiger partial charge is 0.442 e. The van der Waals surface area contributed by atoms with Crippen LogP contribution >= 0.6 is 22.7 Å². The molecule has 0 aliphatic heterocycles. The van der Waals surface area contributed by atoms with E-state index in [0.29, 0.717) is 6.54 Å². The van der Waals surface area contributed by atoms with Gasteiger partial charge in [-0.2, -0.15) is 4.57 Å². The summed E-state index contributed by atoms with van der Waals surface area (Å²) in [5.74, 6) is 1.61. The first-order valence-corrected chi connectivity index (χ1v) is 12.7. The predicted molar refractivity (Wildman–Crippen MR) is 137 cm³/mol. The highest BCUT2D eigenvalue weighted by atomic mass is 32.1. The summed E-state index contributed by atoms with van der Waals surface area (Å²) >= 11 is 3.69. The Kier molecular flexibility index (Phi) is 5.59. The molecule has 33 heavy (non-hydrogen) atoms. The van der Waals surface area contributed by atoms with Gasteiger partial charge in [0.15, 0.2) is 17.9 Å². The SMILES string of the molecule is Cc1cc(-c2c(-c3cc(C)sc3C)[n+](Cc3nc(C)c(C)o3)cn2-c2ccccc2)c(C)s1. The van der Waals surface area contributed by atoms with Gasteiger partial charge in [-0.25, -0.2) is 9.55 Å². The number of para-hydroxylation sites is 1. The molecule has 1 aromatic carbocycles. The molecule has 0 spiro atoms. The van der Waals surface area contributed by atoms with Crippen LogP contribution in [0.2, 0.25) is 0 Å². The van der Waals surface area contributed by atoms with Crippen molar-refractivity contribution in [3.63, 3.8) is 0 Å². The van der Waals surface area contributed by atoms with Gasteiger partial charge in [-0.15, -0.1) is 22.7 Å². The van der Waals surface area contributed by atoms with Crippen molar-refractivity contribution in [1.29, 1.82) is 0 Å². The fraction of sp³-hybridized carbons (Fsp3) is 0.259. The molecule has 0 bridgehead atoms. The quantitative estimate of drug-likeness (QED) is 0.254. The van der Waals surface area contributed by atoms with Gasteiger partial charge in [0.25, 0.3) is 0 Å². The zero-order valence-electron chi connectivity index (χ0n) is 19.9. The van der Waals surface area contributed by atoms with Gasteiger partial charge in [0.2, 0.25) is 12.2 Å². The minimum Gasteiger partial charge on any atom is -0.442 e. The lowest BCUT2D eigenvalue weighted by atomic mass is 10.0. The number of benzene rings is 1. The second kappa shape index (κ2) is 8.43. The Balaban J connectivity index is 1.83. The molecule has 0 saturated heterocycles. The number of hydrogen-bond acceptors (Lipinski definition) is 4. The van der Waals surface area contributed by atoms with E-state index in [1.165, 1.54) is 42.0 Å². The van der Waals surface area contributed by atoms with Crippen molar-refractivity contribution < 1.29 is 8.98 Å². The Morgan fingerprint density at radius 2 is 1.52 bits per heavy atom. The molecule has 4 heterocycles. The molecule has 6 heteroatoms. The molecule has 0 N–H and O–H groups in total. The van der Waals surface area contributed by atoms with Gasteiger partial charge >= 0.3 is 0 Å². The normalized spacial score (nSPS) is 11.5. The summed E-state index contributed by atoms with van der Waals surface area (Å²) in [5.41, 5.74) is 7.05. The van der Waals surface area contributed by atoms with Crippen molar-refractivity contribution in [2.24, 2.45) is 0 Å². The summed E-state index contributed by atoms with van der Waals surface area (Å²) in [6.07, 6.45) is 2.20. The summed E-state index contributed by atoms with van der Waals surface area (Å²) < 4.78 is 10.6. The van der Waals surface area contributed by atoms with E-state index in [2.05, 4.69) is 90.6 Å². The molecular formula is C27H28N3OS2+. The van der Waals surface area contributed by atoms with E-state index in [9.17, 15) is 0 Å². The van der Waals surface area contributed by atoms with Crippen LogP contribution in [-0.4, -0.2) is 9.55 Å². The number of aromatic nitrogens is 3. The van der Waals surface area contributed by atoms with E-state index in [1.54, 1.807) is 0 Å². The van der Waals surface area contributed by atoms with Crippen LogP contribution in [0, 0.1) is 41.5 Å². The monoisotopic (exact) mass is 474 g/mol. The second-order valence-electron chi connectivity index (χ2n) is 8.55. The minimum absolute atomic E-state index is 0.577. The third-order valence-corrected chi connectivity index (χ3v) is 7.94. The van der Waals surface area contributed by atoms with E-state index < -0.39 is 0 Å². The summed E-state index contributed by atoms with van der Waals surface area (Å²) in [5, 5.41) is 0. The Hall–Kier alpha value is -2.96. The van der Waals surface area contributed by atoms with Crippen LogP contribution in [0.4, 0.5) is 0 Å². The van der Waals surface area contributed by atoms with Crippen molar-refractivity contribution in [2.75, 3.05) is 0 Å². The zero-order chi connectivity index (χ0) is 23.3. The number of rotatable bonds is 5. The third kappa shape index (κ3) is 3.98. The number of hydrogen-bond donors (Lipinski definition) is 0. The van der Waals surface area contributed by atoms with Gasteiger partial charge < -0.3 is 4.42 Å². The molecular weight excluding hydrogens is 446 g/mol. The Morgan fingerprint density at radius 1 is 0.879 bits per heavy atom.